The van der Waals surface area contributed by atoms with Crippen LogP contribution in [0.4, 0.5) is 0 Å². The molecule has 0 bridgehead atoms. The molecule has 0 saturated heterocycles. The summed E-state index contributed by atoms with van der Waals surface area (Å²) in [6.07, 6.45) is 6.18. The Bertz CT molecular complexity index is 284. The van der Waals surface area contributed by atoms with Crippen molar-refractivity contribution in [1.82, 2.24) is 4.98 Å². The van der Waals surface area contributed by atoms with E-state index in [1.165, 1.54) is 12.8 Å². The van der Waals surface area contributed by atoms with Crippen LogP contribution in [0.1, 0.15) is 24.4 Å². The lowest BCUT2D eigenvalue weighted by molar-refractivity contribution is 0.630. The maximum Gasteiger partial charge on any atom is 0.0410 e. The van der Waals surface area contributed by atoms with Crippen LogP contribution in [0.15, 0.2) is 22.9 Å². The van der Waals surface area contributed by atoms with Crippen molar-refractivity contribution in [3.05, 3.63) is 28.5 Å². The van der Waals surface area contributed by atoms with Gasteiger partial charge in [-0.05, 0) is 46.3 Å². The van der Waals surface area contributed by atoms with Gasteiger partial charge >= 0.3 is 0 Å². The molecule has 0 unspecified atom stereocenters. The van der Waals surface area contributed by atoms with Crippen molar-refractivity contribution in [3.8, 4) is 0 Å². The second kappa shape index (κ2) is 3.15. The predicted molar refractivity (Wildman–Crippen MR) is 51.6 cm³/mol. The van der Waals surface area contributed by atoms with Gasteiger partial charge in [-0.25, -0.2) is 0 Å². The van der Waals surface area contributed by atoms with E-state index in [9.17, 15) is 0 Å². The van der Waals surface area contributed by atoms with Crippen LogP contribution in [0.25, 0.3) is 0 Å². The fourth-order valence-corrected chi connectivity index (χ4v) is 1.72. The fraction of sp³-hybridized carbons (Fsp3) is 0.444. The summed E-state index contributed by atoms with van der Waals surface area (Å²) in [6, 6.07) is 2.24. The lowest BCUT2D eigenvalue weighted by atomic mass is 10.1. The first kappa shape index (κ1) is 8.20. The van der Waals surface area contributed by atoms with Crippen LogP contribution < -0.4 is 5.73 Å². The molecule has 64 valence electrons. The summed E-state index contributed by atoms with van der Waals surface area (Å²) in [7, 11) is 0. The Balaban J connectivity index is 2.20. The molecule has 0 aliphatic heterocycles. The largest absolute Gasteiger partial charge is 0.324 e. The van der Waals surface area contributed by atoms with Crippen LogP contribution in [0, 0.1) is 5.92 Å². The number of hydrogen-bond donors (Lipinski definition) is 1. The highest BCUT2D eigenvalue weighted by Crippen LogP contribution is 2.39. The molecule has 3 heteroatoms. The Morgan fingerprint density at radius 1 is 1.50 bits per heavy atom. The standard InChI is InChI=1S/C9H11BrN2/c10-8-3-7(4-12-5-8)9(11)6-1-2-6/h3-6,9H,1-2,11H2/t9-/m0/s1. The van der Waals surface area contributed by atoms with Gasteiger partial charge in [0.05, 0.1) is 0 Å². The van der Waals surface area contributed by atoms with E-state index in [-0.39, 0.29) is 6.04 Å². The van der Waals surface area contributed by atoms with Crippen molar-refractivity contribution in [3.63, 3.8) is 0 Å². The van der Waals surface area contributed by atoms with Gasteiger partial charge in [0.25, 0.3) is 0 Å². The van der Waals surface area contributed by atoms with Crippen molar-refractivity contribution in [1.29, 1.82) is 0 Å². The van der Waals surface area contributed by atoms with Gasteiger partial charge in [-0.1, -0.05) is 0 Å². The van der Waals surface area contributed by atoms with Crippen LogP contribution in [-0.4, -0.2) is 4.98 Å². The fourth-order valence-electron chi connectivity index (χ4n) is 1.34. The summed E-state index contributed by atoms with van der Waals surface area (Å²) in [5, 5.41) is 0. The molecule has 12 heavy (non-hydrogen) atoms. The van der Waals surface area contributed by atoms with E-state index in [1.807, 2.05) is 6.20 Å². The Labute approximate surface area is 80.3 Å². The second-order valence-electron chi connectivity index (χ2n) is 3.30. The van der Waals surface area contributed by atoms with Gasteiger partial charge in [0.2, 0.25) is 0 Å². The quantitative estimate of drug-likeness (QED) is 0.841. The van der Waals surface area contributed by atoms with E-state index < -0.39 is 0 Å². The zero-order valence-corrected chi connectivity index (χ0v) is 8.29. The van der Waals surface area contributed by atoms with Crippen LogP contribution in [0.2, 0.25) is 0 Å². The van der Waals surface area contributed by atoms with Crippen molar-refractivity contribution >= 4 is 15.9 Å². The number of aromatic nitrogens is 1. The minimum Gasteiger partial charge on any atom is -0.324 e. The van der Waals surface area contributed by atoms with E-state index in [0.29, 0.717) is 5.92 Å². The number of nitrogens with two attached hydrogens (primary N) is 1. The molecule has 0 amide bonds. The van der Waals surface area contributed by atoms with Crippen molar-refractivity contribution in [2.45, 2.75) is 18.9 Å². The van der Waals surface area contributed by atoms with Gasteiger partial charge in [0.15, 0.2) is 0 Å². The Hall–Kier alpha value is -0.410. The molecule has 1 aliphatic carbocycles. The third-order valence-electron chi connectivity index (χ3n) is 2.24. The minimum atomic E-state index is 0.190. The maximum atomic E-state index is 6.01. The number of halogens is 1. The molecule has 1 fully saturated rings. The summed E-state index contributed by atoms with van der Waals surface area (Å²) in [5.74, 6) is 0.695. The molecular formula is C9H11BrN2. The lowest BCUT2D eigenvalue weighted by Crippen LogP contribution is -2.12. The Kier molecular flexibility index (Phi) is 2.15. The number of hydrogen-bond acceptors (Lipinski definition) is 2. The summed E-state index contributed by atoms with van der Waals surface area (Å²) in [5.41, 5.74) is 7.15. The molecule has 1 atom stereocenters. The molecule has 0 spiro atoms. The Morgan fingerprint density at radius 3 is 2.83 bits per heavy atom. The molecule has 1 saturated carbocycles. The first-order valence-electron chi connectivity index (χ1n) is 4.13. The smallest absolute Gasteiger partial charge is 0.0410 e. The van der Waals surface area contributed by atoms with Gasteiger partial charge in [-0.3, -0.25) is 4.98 Å². The molecule has 2 rings (SSSR count). The topological polar surface area (TPSA) is 38.9 Å². The molecule has 1 aromatic rings. The first-order valence-corrected chi connectivity index (χ1v) is 4.92. The normalized spacial score (nSPS) is 19.2. The predicted octanol–water partition coefficient (Wildman–Crippen LogP) is 2.25. The molecule has 2 N–H and O–H groups in total. The third-order valence-corrected chi connectivity index (χ3v) is 2.67. The molecule has 1 heterocycles. The van der Waals surface area contributed by atoms with E-state index >= 15 is 0 Å². The summed E-state index contributed by atoms with van der Waals surface area (Å²) >= 11 is 3.38. The van der Waals surface area contributed by atoms with Gasteiger partial charge in [0, 0.05) is 22.9 Å². The molecule has 2 nitrogen and oxygen atoms in total. The summed E-state index contributed by atoms with van der Waals surface area (Å²) in [6.45, 7) is 0. The molecule has 0 aromatic carbocycles. The molecule has 1 aliphatic rings. The third kappa shape index (κ3) is 1.67. The first-order chi connectivity index (χ1) is 5.77. The van der Waals surface area contributed by atoms with Crippen LogP contribution in [-0.2, 0) is 0 Å². The highest BCUT2D eigenvalue weighted by Gasteiger charge is 2.29. The zero-order chi connectivity index (χ0) is 8.55. The van der Waals surface area contributed by atoms with Gasteiger partial charge in [-0.2, -0.15) is 0 Å². The minimum absolute atomic E-state index is 0.190. The average Bonchev–Trinajstić information content (AvgIpc) is 2.85. The molecular weight excluding hydrogens is 216 g/mol. The van der Waals surface area contributed by atoms with Crippen molar-refractivity contribution in [2.75, 3.05) is 0 Å². The average molecular weight is 227 g/mol. The monoisotopic (exact) mass is 226 g/mol. The number of pyridine rings is 1. The summed E-state index contributed by atoms with van der Waals surface area (Å²) in [4.78, 5) is 4.09. The number of nitrogens with zero attached hydrogens (tertiary/aromatic N) is 1. The van der Waals surface area contributed by atoms with E-state index in [2.05, 4.69) is 27.0 Å². The molecule has 0 radical (unpaired) electrons. The van der Waals surface area contributed by atoms with Gasteiger partial charge in [-0.15, -0.1) is 0 Å². The van der Waals surface area contributed by atoms with Gasteiger partial charge in [0.1, 0.15) is 0 Å². The highest BCUT2D eigenvalue weighted by molar-refractivity contribution is 9.10. The van der Waals surface area contributed by atoms with E-state index in [4.69, 9.17) is 5.73 Å². The van der Waals surface area contributed by atoms with Crippen molar-refractivity contribution in [2.24, 2.45) is 11.7 Å². The number of rotatable bonds is 2. The lowest BCUT2D eigenvalue weighted by Gasteiger charge is -2.09. The van der Waals surface area contributed by atoms with Gasteiger partial charge < -0.3 is 5.73 Å². The van der Waals surface area contributed by atoms with Crippen LogP contribution in [0.3, 0.4) is 0 Å². The molecule has 1 aromatic heterocycles. The SMILES string of the molecule is N[C@H](c1cncc(Br)c1)C1CC1. The van der Waals surface area contributed by atoms with Crippen LogP contribution >= 0.6 is 15.9 Å². The van der Waals surface area contributed by atoms with Crippen LogP contribution in [0.5, 0.6) is 0 Å². The summed E-state index contributed by atoms with van der Waals surface area (Å²) < 4.78 is 1.01. The van der Waals surface area contributed by atoms with E-state index in [1.54, 1.807) is 6.20 Å². The van der Waals surface area contributed by atoms with E-state index in [0.717, 1.165) is 10.0 Å². The maximum absolute atomic E-state index is 6.01. The zero-order valence-electron chi connectivity index (χ0n) is 6.70. The van der Waals surface area contributed by atoms with Crippen molar-refractivity contribution < 1.29 is 0 Å². The Morgan fingerprint density at radius 2 is 2.25 bits per heavy atom. The highest BCUT2D eigenvalue weighted by atomic mass is 79.9. The second-order valence-corrected chi connectivity index (χ2v) is 4.22.